The Morgan fingerprint density at radius 1 is 1.90 bits per heavy atom. The summed E-state index contributed by atoms with van der Waals surface area (Å²) in [6.07, 6.45) is 0. The summed E-state index contributed by atoms with van der Waals surface area (Å²) in [6, 6.07) is 0. The van der Waals surface area contributed by atoms with Crippen molar-refractivity contribution in [1.29, 1.82) is 0 Å². The summed E-state index contributed by atoms with van der Waals surface area (Å²) in [7, 11) is 0. The summed E-state index contributed by atoms with van der Waals surface area (Å²) < 4.78 is 8.34. The molecule has 0 aliphatic heterocycles. The first kappa shape index (κ1) is 7.44. The van der Waals surface area contributed by atoms with E-state index in [1.807, 2.05) is 0 Å². The predicted octanol–water partition coefficient (Wildman–Crippen LogP) is -0.290. The molecule has 1 aromatic rings. The van der Waals surface area contributed by atoms with Crippen molar-refractivity contribution >= 4 is 20.7 Å². The molecule has 0 aromatic carbocycles. The molecule has 0 saturated heterocycles. The Balaban J connectivity index is 2.59. The third-order valence-corrected chi connectivity index (χ3v) is 1.90. The standard InChI is InChI=1S/C5H6N2O2Se/c1-2-9-5(8)4-3-10-7-6-4/h3H,2H2,1H3. The van der Waals surface area contributed by atoms with Gasteiger partial charge in [-0.1, -0.05) is 0 Å². The third kappa shape index (κ3) is 1.65. The Kier molecular flexibility index (Phi) is 2.59. The fourth-order valence-corrected chi connectivity index (χ4v) is 1.35. The quantitative estimate of drug-likeness (QED) is 0.491. The van der Waals surface area contributed by atoms with Gasteiger partial charge >= 0.3 is 63.6 Å². The van der Waals surface area contributed by atoms with Crippen LogP contribution in [0.15, 0.2) is 4.94 Å². The van der Waals surface area contributed by atoms with Crippen molar-refractivity contribution < 1.29 is 9.53 Å². The van der Waals surface area contributed by atoms with Gasteiger partial charge in [-0.25, -0.2) is 0 Å². The van der Waals surface area contributed by atoms with Gasteiger partial charge in [0.1, 0.15) is 0 Å². The van der Waals surface area contributed by atoms with Gasteiger partial charge in [-0.15, -0.1) is 0 Å². The van der Waals surface area contributed by atoms with Crippen LogP contribution in [-0.2, 0) is 4.74 Å². The van der Waals surface area contributed by atoms with Crippen LogP contribution in [0.2, 0.25) is 0 Å². The average Bonchev–Trinajstić information content (AvgIpc) is 2.38. The zero-order chi connectivity index (χ0) is 7.40. The molecule has 0 bridgehead atoms. The van der Waals surface area contributed by atoms with Crippen molar-refractivity contribution in [2.24, 2.45) is 0 Å². The second-order valence-electron chi connectivity index (χ2n) is 1.51. The Bertz CT molecular complexity index is 209. The van der Waals surface area contributed by atoms with Crippen LogP contribution in [-0.4, -0.2) is 36.5 Å². The van der Waals surface area contributed by atoms with Gasteiger partial charge in [-0.05, 0) is 0 Å². The van der Waals surface area contributed by atoms with Gasteiger partial charge in [0.15, 0.2) is 0 Å². The molecule has 10 heavy (non-hydrogen) atoms. The summed E-state index contributed by atoms with van der Waals surface area (Å²) in [4.78, 5) is 12.5. The van der Waals surface area contributed by atoms with Gasteiger partial charge < -0.3 is 0 Å². The summed E-state index contributed by atoms with van der Waals surface area (Å²) in [5.41, 5.74) is 0.349. The molecule has 54 valence electrons. The molecule has 0 saturated carbocycles. The second-order valence-corrected chi connectivity index (χ2v) is 2.79. The first-order chi connectivity index (χ1) is 4.84. The number of aromatic nitrogens is 2. The van der Waals surface area contributed by atoms with Crippen molar-refractivity contribution in [1.82, 2.24) is 9.19 Å². The van der Waals surface area contributed by atoms with Crippen LogP contribution in [0.1, 0.15) is 17.4 Å². The van der Waals surface area contributed by atoms with Gasteiger partial charge in [-0.2, -0.15) is 0 Å². The Labute approximate surface area is 64.2 Å². The minimum absolute atomic E-state index is 0.0160. The molecule has 5 heteroatoms. The first-order valence-corrected chi connectivity index (χ1v) is 4.54. The minimum atomic E-state index is -0.370. The number of rotatable bonds is 2. The van der Waals surface area contributed by atoms with E-state index < -0.39 is 0 Å². The molecule has 1 heterocycles. The van der Waals surface area contributed by atoms with Crippen LogP contribution in [0, 0.1) is 0 Å². The summed E-state index contributed by atoms with van der Waals surface area (Å²) in [6.45, 7) is 2.15. The Morgan fingerprint density at radius 2 is 2.70 bits per heavy atom. The van der Waals surface area contributed by atoms with Crippen LogP contribution >= 0.6 is 0 Å². The molecule has 0 spiro atoms. The normalized spacial score (nSPS) is 9.30. The van der Waals surface area contributed by atoms with E-state index in [0.717, 1.165) is 0 Å². The molecule has 4 nitrogen and oxygen atoms in total. The maximum absolute atomic E-state index is 10.8. The molecule has 0 fully saturated rings. The summed E-state index contributed by atoms with van der Waals surface area (Å²) >= 11 is 0.0160. The van der Waals surface area contributed by atoms with Crippen LogP contribution in [0.5, 0.6) is 0 Å². The molecule has 0 aliphatic rings. The molecule has 0 N–H and O–H groups in total. The van der Waals surface area contributed by atoms with Crippen molar-refractivity contribution in [3.8, 4) is 0 Å². The topological polar surface area (TPSA) is 52.1 Å². The molecular formula is C5H6N2O2Se. The van der Waals surface area contributed by atoms with Crippen molar-refractivity contribution in [2.45, 2.75) is 6.92 Å². The van der Waals surface area contributed by atoms with Gasteiger partial charge in [-0.3, -0.25) is 0 Å². The van der Waals surface area contributed by atoms with E-state index in [4.69, 9.17) is 0 Å². The number of carbonyl (C=O) groups is 1. The van der Waals surface area contributed by atoms with Crippen LogP contribution in [0.25, 0.3) is 0 Å². The van der Waals surface area contributed by atoms with Gasteiger partial charge in [0.2, 0.25) is 0 Å². The van der Waals surface area contributed by atoms with Crippen molar-refractivity contribution in [3.05, 3.63) is 10.6 Å². The van der Waals surface area contributed by atoms with Crippen LogP contribution in [0.4, 0.5) is 0 Å². The number of hydrogen-bond acceptors (Lipinski definition) is 4. The molecule has 0 unspecified atom stereocenters. The van der Waals surface area contributed by atoms with Gasteiger partial charge in [0.25, 0.3) is 0 Å². The summed E-state index contributed by atoms with van der Waals surface area (Å²) in [5, 5.41) is 3.59. The van der Waals surface area contributed by atoms with E-state index in [-0.39, 0.29) is 20.7 Å². The predicted molar refractivity (Wildman–Crippen MR) is 34.9 cm³/mol. The molecule has 0 radical (unpaired) electrons. The fourth-order valence-electron chi connectivity index (χ4n) is 0.459. The second kappa shape index (κ2) is 3.49. The van der Waals surface area contributed by atoms with Crippen molar-refractivity contribution in [2.75, 3.05) is 6.61 Å². The monoisotopic (exact) mass is 206 g/mol. The van der Waals surface area contributed by atoms with Crippen LogP contribution in [0.3, 0.4) is 0 Å². The SMILES string of the molecule is CCOC(=O)c1c[se]nn1. The Morgan fingerprint density at radius 3 is 3.20 bits per heavy atom. The van der Waals surface area contributed by atoms with E-state index in [2.05, 4.69) is 13.9 Å². The van der Waals surface area contributed by atoms with Crippen molar-refractivity contribution in [3.63, 3.8) is 0 Å². The number of nitrogens with zero attached hydrogens (tertiary/aromatic N) is 2. The molecule has 0 atom stereocenters. The fraction of sp³-hybridized carbons (Fsp3) is 0.400. The zero-order valence-electron chi connectivity index (χ0n) is 5.40. The number of esters is 1. The van der Waals surface area contributed by atoms with Gasteiger partial charge in [0, 0.05) is 0 Å². The third-order valence-electron chi connectivity index (χ3n) is 0.845. The number of hydrogen-bond donors (Lipinski definition) is 0. The average molecular weight is 205 g/mol. The number of carbonyl (C=O) groups excluding carboxylic acids is 1. The van der Waals surface area contributed by atoms with E-state index in [9.17, 15) is 4.79 Å². The van der Waals surface area contributed by atoms with E-state index in [1.54, 1.807) is 11.9 Å². The van der Waals surface area contributed by atoms with E-state index in [1.165, 1.54) is 0 Å². The summed E-state index contributed by atoms with van der Waals surface area (Å²) in [5.74, 6) is -0.370. The Hall–Kier alpha value is -0.671. The van der Waals surface area contributed by atoms with E-state index >= 15 is 0 Å². The van der Waals surface area contributed by atoms with Gasteiger partial charge in [0.05, 0.1) is 0 Å². The van der Waals surface area contributed by atoms with Crippen LogP contribution < -0.4 is 0 Å². The molecule has 1 aromatic heterocycles. The number of ether oxygens (including phenoxy) is 1. The molecule has 0 amide bonds. The first-order valence-electron chi connectivity index (χ1n) is 2.78. The molecule has 1 rings (SSSR count). The molecule has 0 aliphatic carbocycles. The zero-order valence-corrected chi connectivity index (χ0v) is 7.12. The molecular weight excluding hydrogens is 199 g/mol. The maximum atomic E-state index is 10.8. The van der Waals surface area contributed by atoms with E-state index in [0.29, 0.717) is 12.3 Å².